The number of nitrogens with zero attached hydrogens (tertiary/aromatic N) is 1. The lowest BCUT2D eigenvalue weighted by molar-refractivity contribution is -0.117. The summed E-state index contributed by atoms with van der Waals surface area (Å²) < 4.78 is 13.4. The van der Waals surface area contributed by atoms with Crippen LogP contribution in [0.3, 0.4) is 0 Å². The van der Waals surface area contributed by atoms with E-state index >= 15 is 0 Å². The van der Waals surface area contributed by atoms with E-state index in [1.54, 1.807) is 18.2 Å². The highest BCUT2D eigenvalue weighted by molar-refractivity contribution is 7.11. The minimum absolute atomic E-state index is 0.00569. The van der Waals surface area contributed by atoms with Crippen LogP contribution in [0.4, 0.5) is 4.39 Å². The Labute approximate surface area is 110 Å². The summed E-state index contributed by atoms with van der Waals surface area (Å²) >= 11 is 1.53. The fourth-order valence-electron chi connectivity index (χ4n) is 1.70. The molecule has 0 fully saturated rings. The van der Waals surface area contributed by atoms with E-state index in [2.05, 4.69) is 4.98 Å². The third-order valence-corrected chi connectivity index (χ3v) is 3.84. The molecular formula is C14H14FNOS. The van der Waals surface area contributed by atoms with Crippen molar-refractivity contribution < 1.29 is 9.18 Å². The SMILES string of the molecule is Cc1nc(CC(=O)Cc2ccccc2F)sc1C. The topological polar surface area (TPSA) is 30.0 Å². The number of rotatable bonds is 4. The molecule has 0 unspecified atom stereocenters. The van der Waals surface area contributed by atoms with Gasteiger partial charge in [-0.3, -0.25) is 4.79 Å². The second kappa shape index (κ2) is 5.40. The van der Waals surface area contributed by atoms with E-state index in [9.17, 15) is 9.18 Å². The van der Waals surface area contributed by atoms with E-state index < -0.39 is 0 Å². The highest BCUT2D eigenvalue weighted by atomic mass is 32.1. The van der Waals surface area contributed by atoms with Crippen LogP contribution in [0, 0.1) is 19.7 Å². The molecule has 0 aliphatic heterocycles. The molecule has 0 atom stereocenters. The number of ketones is 1. The Morgan fingerprint density at radius 3 is 2.61 bits per heavy atom. The first-order valence-corrected chi connectivity index (χ1v) is 6.56. The van der Waals surface area contributed by atoms with Crippen LogP contribution in [0.1, 0.15) is 21.1 Å². The van der Waals surface area contributed by atoms with Gasteiger partial charge >= 0.3 is 0 Å². The number of halogens is 1. The average molecular weight is 263 g/mol. The summed E-state index contributed by atoms with van der Waals surface area (Å²) in [6, 6.07) is 6.38. The summed E-state index contributed by atoms with van der Waals surface area (Å²) in [5.41, 5.74) is 1.42. The Morgan fingerprint density at radius 1 is 1.28 bits per heavy atom. The molecule has 0 aliphatic carbocycles. The third-order valence-electron chi connectivity index (χ3n) is 2.77. The molecule has 1 aromatic heterocycles. The number of benzene rings is 1. The van der Waals surface area contributed by atoms with Gasteiger partial charge < -0.3 is 0 Å². The number of hydrogen-bond acceptors (Lipinski definition) is 3. The lowest BCUT2D eigenvalue weighted by Crippen LogP contribution is -2.07. The van der Waals surface area contributed by atoms with E-state index in [-0.39, 0.29) is 24.4 Å². The molecule has 18 heavy (non-hydrogen) atoms. The van der Waals surface area contributed by atoms with Crippen LogP contribution in [0.2, 0.25) is 0 Å². The maximum Gasteiger partial charge on any atom is 0.144 e. The summed E-state index contributed by atoms with van der Waals surface area (Å²) in [4.78, 5) is 17.3. The Kier molecular flexibility index (Phi) is 3.87. The van der Waals surface area contributed by atoms with Crippen molar-refractivity contribution in [2.45, 2.75) is 26.7 Å². The van der Waals surface area contributed by atoms with Crippen molar-refractivity contribution in [1.29, 1.82) is 0 Å². The van der Waals surface area contributed by atoms with Gasteiger partial charge in [-0.05, 0) is 25.5 Å². The van der Waals surface area contributed by atoms with Crippen LogP contribution in [0.15, 0.2) is 24.3 Å². The number of hydrogen-bond donors (Lipinski definition) is 0. The molecule has 0 bridgehead atoms. The highest BCUT2D eigenvalue weighted by Crippen LogP contribution is 2.18. The van der Waals surface area contributed by atoms with E-state index in [1.807, 2.05) is 13.8 Å². The summed E-state index contributed by atoms with van der Waals surface area (Å²) in [5, 5.41) is 0.811. The predicted molar refractivity (Wildman–Crippen MR) is 70.4 cm³/mol. The van der Waals surface area contributed by atoms with Gasteiger partial charge in [-0.25, -0.2) is 9.37 Å². The van der Waals surface area contributed by atoms with Crippen molar-refractivity contribution in [3.63, 3.8) is 0 Å². The first-order chi connectivity index (χ1) is 8.56. The van der Waals surface area contributed by atoms with Gasteiger partial charge in [-0.2, -0.15) is 0 Å². The van der Waals surface area contributed by atoms with Gasteiger partial charge in [-0.1, -0.05) is 18.2 Å². The smallest absolute Gasteiger partial charge is 0.144 e. The molecular weight excluding hydrogens is 249 g/mol. The lowest BCUT2D eigenvalue weighted by Gasteiger charge is -2.01. The maximum absolute atomic E-state index is 13.4. The molecule has 2 nitrogen and oxygen atoms in total. The van der Waals surface area contributed by atoms with Gasteiger partial charge in [0.05, 0.1) is 12.1 Å². The van der Waals surface area contributed by atoms with E-state index in [0.29, 0.717) is 5.56 Å². The van der Waals surface area contributed by atoms with Gasteiger partial charge in [0.25, 0.3) is 0 Å². The minimum atomic E-state index is -0.322. The summed E-state index contributed by atoms with van der Waals surface area (Å²) in [5.74, 6) is -0.328. The Balaban J connectivity index is 2.03. The second-order valence-corrected chi connectivity index (χ2v) is 5.52. The van der Waals surface area contributed by atoms with Crippen molar-refractivity contribution in [2.24, 2.45) is 0 Å². The molecule has 2 aromatic rings. The van der Waals surface area contributed by atoms with Gasteiger partial charge in [0.1, 0.15) is 16.6 Å². The standard InChI is InChI=1S/C14H14FNOS/c1-9-10(2)18-14(16-9)8-12(17)7-11-5-3-4-6-13(11)15/h3-6H,7-8H2,1-2H3. The third kappa shape index (κ3) is 3.01. The van der Waals surface area contributed by atoms with Gasteiger partial charge in [0.2, 0.25) is 0 Å². The summed E-state index contributed by atoms with van der Waals surface area (Å²) in [6.45, 7) is 3.91. The number of aromatic nitrogens is 1. The van der Waals surface area contributed by atoms with Gasteiger partial charge in [0, 0.05) is 11.3 Å². The van der Waals surface area contributed by atoms with E-state index in [1.165, 1.54) is 17.4 Å². The van der Waals surface area contributed by atoms with Crippen molar-refractivity contribution in [3.05, 3.63) is 51.2 Å². The van der Waals surface area contributed by atoms with Crippen LogP contribution in [-0.4, -0.2) is 10.8 Å². The van der Waals surface area contributed by atoms with E-state index in [0.717, 1.165) is 15.6 Å². The van der Waals surface area contributed by atoms with Gasteiger partial charge in [0.15, 0.2) is 0 Å². The first kappa shape index (κ1) is 12.9. The molecule has 0 radical (unpaired) electrons. The fourth-order valence-corrected chi connectivity index (χ4v) is 2.66. The lowest BCUT2D eigenvalue weighted by atomic mass is 10.1. The van der Waals surface area contributed by atoms with Crippen molar-refractivity contribution in [2.75, 3.05) is 0 Å². The molecule has 0 amide bonds. The molecule has 0 saturated heterocycles. The number of thiazole rings is 1. The van der Waals surface area contributed by atoms with Crippen molar-refractivity contribution in [3.8, 4) is 0 Å². The minimum Gasteiger partial charge on any atom is -0.299 e. The zero-order chi connectivity index (χ0) is 13.1. The zero-order valence-electron chi connectivity index (χ0n) is 10.4. The molecule has 94 valence electrons. The molecule has 1 heterocycles. The monoisotopic (exact) mass is 263 g/mol. The molecule has 0 aliphatic rings. The Hall–Kier alpha value is -1.55. The van der Waals surface area contributed by atoms with E-state index in [4.69, 9.17) is 0 Å². The Morgan fingerprint density at radius 2 is 2.00 bits per heavy atom. The average Bonchev–Trinajstić information content (AvgIpc) is 2.61. The van der Waals surface area contributed by atoms with Gasteiger partial charge in [-0.15, -0.1) is 11.3 Å². The number of carbonyl (C=O) groups is 1. The zero-order valence-corrected chi connectivity index (χ0v) is 11.2. The van der Waals surface area contributed by atoms with Crippen LogP contribution in [-0.2, 0) is 17.6 Å². The number of Topliss-reactive ketones (excluding diaryl/α,β-unsaturated/α-hetero) is 1. The highest BCUT2D eigenvalue weighted by Gasteiger charge is 2.11. The summed E-state index contributed by atoms with van der Waals surface area (Å²) in [6.07, 6.45) is 0.415. The first-order valence-electron chi connectivity index (χ1n) is 5.74. The van der Waals surface area contributed by atoms with Crippen LogP contribution in [0.5, 0.6) is 0 Å². The van der Waals surface area contributed by atoms with Crippen LogP contribution >= 0.6 is 11.3 Å². The second-order valence-electron chi connectivity index (χ2n) is 4.23. The maximum atomic E-state index is 13.4. The summed E-state index contributed by atoms with van der Waals surface area (Å²) in [7, 11) is 0. The van der Waals surface area contributed by atoms with Crippen molar-refractivity contribution in [1.82, 2.24) is 4.98 Å². The quantitative estimate of drug-likeness (QED) is 0.847. The fraction of sp³-hybridized carbons (Fsp3) is 0.286. The molecule has 2 rings (SSSR count). The molecule has 0 spiro atoms. The number of carbonyl (C=O) groups excluding carboxylic acids is 1. The molecule has 0 saturated carbocycles. The van der Waals surface area contributed by atoms with Crippen LogP contribution < -0.4 is 0 Å². The largest absolute Gasteiger partial charge is 0.299 e. The molecule has 0 N–H and O–H groups in total. The molecule has 1 aromatic carbocycles. The van der Waals surface area contributed by atoms with Crippen LogP contribution in [0.25, 0.3) is 0 Å². The molecule has 4 heteroatoms. The van der Waals surface area contributed by atoms with Crippen molar-refractivity contribution >= 4 is 17.1 Å². The predicted octanol–water partition coefficient (Wildman–Crippen LogP) is 3.25. The normalized spacial score (nSPS) is 10.6. The Bertz CT molecular complexity index is 557. The number of aryl methyl sites for hydroxylation is 2.